The maximum absolute atomic E-state index is 3.61. The number of rotatable bonds is 1. The van der Waals surface area contributed by atoms with Crippen molar-refractivity contribution in [1.82, 2.24) is 5.32 Å². The first-order valence-electron chi connectivity index (χ1n) is 4.74. The van der Waals surface area contributed by atoms with E-state index >= 15 is 0 Å². The second-order valence-corrected chi connectivity index (χ2v) is 4.62. The summed E-state index contributed by atoms with van der Waals surface area (Å²) in [6, 6.07) is 8.53. The molecule has 1 unspecified atom stereocenters. The third-order valence-electron chi connectivity index (χ3n) is 2.82. The van der Waals surface area contributed by atoms with Gasteiger partial charge in [0.25, 0.3) is 0 Å². The van der Waals surface area contributed by atoms with Crippen molar-refractivity contribution in [2.24, 2.45) is 5.92 Å². The van der Waals surface area contributed by atoms with Gasteiger partial charge in [-0.2, -0.15) is 0 Å². The van der Waals surface area contributed by atoms with Crippen molar-refractivity contribution in [3.05, 3.63) is 34.3 Å². The molecule has 1 aromatic carbocycles. The molecule has 0 amide bonds. The highest BCUT2D eigenvalue weighted by atomic mass is 79.9. The van der Waals surface area contributed by atoms with Crippen LogP contribution in [0.15, 0.2) is 28.7 Å². The predicted molar refractivity (Wildman–Crippen MR) is 58.9 cm³/mol. The van der Waals surface area contributed by atoms with Gasteiger partial charge in [-0.3, -0.25) is 0 Å². The van der Waals surface area contributed by atoms with Gasteiger partial charge in [-0.25, -0.2) is 0 Å². The lowest BCUT2D eigenvalue weighted by Crippen LogP contribution is -2.08. The molecule has 1 heterocycles. The van der Waals surface area contributed by atoms with E-state index in [9.17, 15) is 0 Å². The number of halogens is 1. The van der Waals surface area contributed by atoms with E-state index in [2.05, 4.69) is 52.4 Å². The highest BCUT2D eigenvalue weighted by Gasteiger charge is 2.25. The summed E-state index contributed by atoms with van der Waals surface area (Å²) < 4.78 is 1.25. The van der Waals surface area contributed by atoms with E-state index in [1.54, 1.807) is 0 Å². The summed E-state index contributed by atoms with van der Waals surface area (Å²) in [5.74, 6) is 1.43. The third-order valence-corrected chi connectivity index (χ3v) is 3.54. The number of hydrogen-bond acceptors (Lipinski definition) is 1. The average molecular weight is 240 g/mol. The molecular weight excluding hydrogens is 226 g/mol. The Morgan fingerprint density at radius 2 is 2.08 bits per heavy atom. The molecule has 70 valence electrons. The van der Waals surface area contributed by atoms with E-state index in [4.69, 9.17) is 0 Å². The van der Waals surface area contributed by atoms with Crippen LogP contribution >= 0.6 is 15.9 Å². The highest BCUT2D eigenvalue weighted by Crippen LogP contribution is 2.32. The fraction of sp³-hybridized carbons (Fsp3) is 0.455. The standard InChI is InChI=1S/C11H14BrN/c1-8-6-13-7-10(8)9-4-2-3-5-11(9)12/h2-5,8,10,13H,6-7H2,1H3/t8-,10?/m1/s1. The van der Waals surface area contributed by atoms with Crippen molar-refractivity contribution in [1.29, 1.82) is 0 Å². The highest BCUT2D eigenvalue weighted by molar-refractivity contribution is 9.10. The van der Waals surface area contributed by atoms with Gasteiger partial charge in [-0.1, -0.05) is 41.1 Å². The molecule has 1 aliphatic rings. The monoisotopic (exact) mass is 239 g/mol. The molecule has 0 aromatic heterocycles. The summed E-state index contributed by atoms with van der Waals surface area (Å²) in [5.41, 5.74) is 1.44. The van der Waals surface area contributed by atoms with Gasteiger partial charge in [0, 0.05) is 16.9 Å². The molecule has 1 fully saturated rings. The van der Waals surface area contributed by atoms with Gasteiger partial charge in [-0.05, 0) is 24.1 Å². The lowest BCUT2D eigenvalue weighted by molar-refractivity contribution is 0.570. The predicted octanol–water partition coefficient (Wildman–Crippen LogP) is 2.77. The van der Waals surface area contributed by atoms with E-state index in [1.165, 1.54) is 10.0 Å². The largest absolute Gasteiger partial charge is 0.316 e. The average Bonchev–Trinajstić information content (AvgIpc) is 2.52. The minimum absolute atomic E-state index is 0.676. The van der Waals surface area contributed by atoms with Gasteiger partial charge in [0.2, 0.25) is 0 Å². The third kappa shape index (κ3) is 1.79. The quantitative estimate of drug-likeness (QED) is 0.795. The van der Waals surface area contributed by atoms with Gasteiger partial charge in [0.1, 0.15) is 0 Å². The molecule has 1 saturated heterocycles. The van der Waals surface area contributed by atoms with Crippen LogP contribution in [0.1, 0.15) is 18.4 Å². The molecule has 13 heavy (non-hydrogen) atoms. The zero-order valence-electron chi connectivity index (χ0n) is 7.76. The Bertz CT molecular complexity index is 298. The van der Waals surface area contributed by atoms with Crippen molar-refractivity contribution in [3.8, 4) is 0 Å². The van der Waals surface area contributed by atoms with Crippen LogP contribution in [-0.4, -0.2) is 13.1 Å². The fourth-order valence-corrected chi connectivity index (χ4v) is 2.58. The van der Waals surface area contributed by atoms with Gasteiger partial charge < -0.3 is 5.32 Å². The molecule has 0 aliphatic carbocycles. The smallest absolute Gasteiger partial charge is 0.0210 e. The van der Waals surface area contributed by atoms with Crippen molar-refractivity contribution in [3.63, 3.8) is 0 Å². The topological polar surface area (TPSA) is 12.0 Å². The molecule has 1 nitrogen and oxygen atoms in total. The van der Waals surface area contributed by atoms with E-state index in [0.29, 0.717) is 5.92 Å². The molecule has 0 saturated carbocycles. The summed E-state index contributed by atoms with van der Waals surface area (Å²) >= 11 is 3.61. The molecule has 0 bridgehead atoms. The summed E-state index contributed by atoms with van der Waals surface area (Å²) in [6.07, 6.45) is 0. The Morgan fingerprint density at radius 3 is 2.69 bits per heavy atom. The minimum Gasteiger partial charge on any atom is -0.316 e. The van der Waals surface area contributed by atoms with Crippen molar-refractivity contribution >= 4 is 15.9 Å². The SMILES string of the molecule is C[C@@H]1CNCC1c1ccccc1Br. The van der Waals surface area contributed by atoms with E-state index < -0.39 is 0 Å². The van der Waals surface area contributed by atoms with E-state index in [0.717, 1.165) is 19.0 Å². The molecule has 0 spiro atoms. The van der Waals surface area contributed by atoms with Gasteiger partial charge >= 0.3 is 0 Å². The van der Waals surface area contributed by atoms with Crippen LogP contribution in [0.2, 0.25) is 0 Å². The normalized spacial score (nSPS) is 27.8. The van der Waals surface area contributed by atoms with Gasteiger partial charge in [0.05, 0.1) is 0 Å². The Kier molecular flexibility index (Phi) is 2.70. The number of nitrogens with one attached hydrogen (secondary N) is 1. The zero-order valence-corrected chi connectivity index (χ0v) is 9.34. The van der Waals surface area contributed by atoms with Gasteiger partial charge in [-0.15, -0.1) is 0 Å². The van der Waals surface area contributed by atoms with E-state index in [1.807, 2.05) is 0 Å². The second kappa shape index (κ2) is 3.81. The zero-order chi connectivity index (χ0) is 9.26. The van der Waals surface area contributed by atoms with Crippen LogP contribution in [0.25, 0.3) is 0 Å². The fourth-order valence-electron chi connectivity index (χ4n) is 2.00. The first-order chi connectivity index (χ1) is 6.29. The first-order valence-corrected chi connectivity index (χ1v) is 5.53. The van der Waals surface area contributed by atoms with Crippen LogP contribution in [0.3, 0.4) is 0 Å². The van der Waals surface area contributed by atoms with Crippen molar-refractivity contribution in [2.45, 2.75) is 12.8 Å². The van der Waals surface area contributed by atoms with Gasteiger partial charge in [0.15, 0.2) is 0 Å². The number of benzene rings is 1. The first kappa shape index (κ1) is 9.22. The maximum Gasteiger partial charge on any atom is 0.0210 e. The molecule has 2 atom stereocenters. The summed E-state index contributed by atoms with van der Waals surface area (Å²) in [4.78, 5) is 0. The van der Waals surface area contributed by atoms with Crippen LogP contribution in [0.5, 0.6) is 0 Å². The molecule has 0 radical (unpaired) electrons. The van der Waals surface area contributed by atoms with Crippen LogP contribution in [0.4, 0.5) is 0 Å². The molecule has 1 N–H and O–H groups in total. The molecular formula is C11H14BrN. The van der Waals surface area contributed by atoms with Crippen molar-refractivity contribution < 1.29 is 0 Å². The Labute approximate surface area is 87.7 Å². The van der Waals surface area contributed by atoms with E-state index in [-0.39, 0.29) is 0 Å². The maximum atomic E-state index is 3.61. The summed E-state index contributed by atoms with van der Waals surface area (Å²) in [5, 5.41) is 3.43. The lowest BCUT2D eigenvalue weighted by atomic mass is 9.90. The Hall–Kier alpha value is -0.340. The minimum atomic E-state index is 0.676. The van der Waals surface area contributed by atoms with Crippen molar-refractivity contribution in [2.75, 3.05) is 13.1 Å². The van der Waals surface area contributed by atoms with Crippen LogP contribution in [-0.2, 0) is 0 Å². The number of hydrogen-bond donors (Lipinski definition) is 1. The van der Waals surface area contributed by atoms with Crippen LogP contribution in [0, 0.1) is 5.92 Å². The Morgan fingerprint density at radius 1 is 1.31 bits per heavy atom. The molecule has 2 heteroatoms. The Balaban J connectivity index is 2.29. The summed E-state index contributed by atoms with van der Waals surface area (Å²) in [6.45, 7) is 4.57. The lowest BCUT2D eigenvalue weighted by Gasteiger charge is -2.15. The molecule has 1 aromatic rings. The summed E-state index contributed by atoms with van der Waals surface area (Å²) in [7, 11) is 0. The van der Waals surface area contributed by atoms with Crippen LogP contribution < -0.4 is 5.32 Å². The molecule has 1 aliphatic heterocycles. The molecule has 2 rings (SSSR count). The second-order valence-electron chi connectivity index (χ2n) is 3.76.